The molecule has 2 rings (SSSR count). The Labute approximate surface area is 114 Å². The summed E-state index contributed by atoms with van der Waals surface area (Å²) in [6.07, 6.45) is -1.67. The average molecular weight is 287 g/mol. The third-order valence-electron chi connectivity index (χ3n) is 3.50. The maximum absolute atomic E-state index is 12.5. The van der Waals surface area contributed by atoms with Gasteiger partial charge in [-0.25, -0.2) is 0 Å². The maximum atomic E-state index is 12.5. The second-order valence-corrected chi connectivity index (χ2v) is 5.23. The van der Waals surface area contributed by atoms with E-state index in [1.807, 2.05) is 0 Å². The van der Waals surface area contributed by atoms with Crippen molar-refractivity contribution in [1.82, 2.24) is 0 Å². The van der Waals surface area contributed by atoms with Gasteiger partial charge in [-0.15, -0.1) is 0 Å². The molecule has 2 N–H and O–H groups in total. The molecular formula is C14H16F3NO2. The second kappa shape index (κ2) is 5.44. The van der Waals surface area contributed by atoms with Crippen molar-refractivity contribution in [3.63, 3.8) is 0 Å². The zero-order valence-corrected chi connectivity index (χ0v) is 10.8. The van der Waals surface area contributed by atoms with E-state index in [2.05, 4.69) is 5.32 Å². The van der Waals surface area contributed by atoms with E-state index in [1.165, 1.54) is 12.1 Å². The van der Waals surface area contributed by atoms with Gasteiger partial charge < -0.3 is 10.4 Å². The maximum Gasteiger partial charge on any atom is 0.416 e. The first-order valence-electron chi connectivity index (χ1n) is 6.48. The molecule has 0 aromatic heterocycles. The third-order valence-corrected chi connectivity index (χ3v) is 3.50. The zero-order chi connectivity index (χ0) is 14.8. The highest BCUT2D eigenvalue weighted by atomic mass is 19.4. The van der Waals surface area contributed by atoms with Crippen LogP contribution in [0.15, 0.2) is 24.3 Å². The molecule has 1 aliphatic carbocycles. The Hall–Kier alpha value is -1.56. The number of carbonyl (C=O) groups is 1. The molecule has 1 fully saturated rings. The Bertz CT molecular complexity index is 493. The summed E-state index contributed by atoms with van der Waals surface area (Å²) < 4.78 is 37.6. The average Bonchev–Trinajstić information content (AvgIpc) is 2.74. The van der Waals surface area contributed by atoms with Crippen LogP contribution in [0.25, 0.3) is 0 Å². The number of rotatable bonds is 3. The van der Waals surface area contributed by atoms with Crippen LogP contribution in [0, 0.1) is 0 Å². The van der Waals surface area contributed by atoms with Crippen molar-refractivity contribution in [2.75, 3.05) is 5.32 Å². The number of hydrogen-bond acceptors (Lipinski definition) is 2. The van der Waals surface area contributed by atoms with Gasteiger partial charge >= 0.3 is 6.18 Å². The topological polar surface area (TPSA) is 49.3 Å². The fourth-order valence-electron chi connectivity index (χ4n) is 2.49. The number of alkyl halides is 3. The molecule has 0 atom stereocenters. The highest BCUT2D eigenvalue weighted by molar-refractivity contribution is 5.91. The molecule has 1 aromatic carbocycles. The van der Waals surface area contributed by atoms with E-state index in [9.17, 15) is 23.1 Å². The Morgan fingerprint density at radius 2 is 1.95 bits per heavy atom. The molecule has 0 aliphatic heterocycles. The van der Waals surface area contributed by atoms with Crippen LogP contribution in [0.5, 0.6) is 0 Å². The molecule has 3 nitrogen and oxygen atoms in total. The molecule has 0 spiro atoms. The van der Waals surface area contributed by atoms with E-state index < -0.39 is 23.2 Å². The van der Waals surface area contributed by atoms with E-state index >= 15 is 0 Å². The van der Waals surface area contributed by atoms with Crippen molar-refractivity contribution in [3.8, 4) is 0 Å². The summed E-state index contributed by atoms with van der Waals surface area (Å²) in [6.45, 7) is 0. The number of carbonyl (C=O) groups excluding carboxylic acids is 1. The number of aliphatic hydroxyl groups is 1. The summed E-state index contributed by atoms with van der Waals surface area (Å²) in [5.41, 5.74) is -1.73. The van der Waals surface area contributed by atoms with Crippen molar-refractivity contribution in [1.29, 1.82) is 0 Å². The number of amides is 1. The molecular weight excluding hydrogens is 271 g/mol. The smallest absolute Gasteiger partial charge is 0.389 e. The standard InChI is InChI=1S/C14H16F3NO2/c15-14(16,17)10-4-3-5-11(8-10)18-12(19)9-13(20)6-1-2-7-13/h3-5,8,20H,1-2,6-7,9H2,(H,18,19). The van der Waals surface area contributed by atoms with Crippen LogP contribution in [-0.4, -0.2) is 16.6 Å². The van der Waals surface area contributed by atoms with Crippen LogP contribution < -0.4 is 5.32 Å². The van der Waals surface area contributed by atoms with Crippen molar-refractivity contribution in [2.45, 2.75) is 43.9 Å². The Morgan fingerprint density at radius 1 is 1.30 bits per heavy atom. The Morgan fingerprint density at radius 3 is 2.55 bits per heavy atom. The number of benzene rings is 1. The molecule has 6 heteroatoms. The predicted octanol–water partition coefficient (Wildman–Crippen LogP) is 3.34. The Balaban J connectivity index is 2.01. The summed E-state index contributed by atoms with van der Waals surface area (Å²) in [5, 5.41) is 12.5. The number of nitrogens with one attached hydrogen (secondary N) is 1. The molecule has 0 radical (unpaired) electrons. The molecule has 0 unspecified atom stereocenters. The van der Waals surface area contributed by atoms with Gasteiger partial charge in [0.05, 0.1) is 17.6 Å². The molecule has 0 saturated heterocycles. The molecule has 1 aromatic rings. The molecule has 110 valence electrons. The predicted molar refractivity (Wildman–Crippen MR) is 68.1 cm³/mol. The van der Waals surface area contributed by atoms with Gasteiger partial charge in [-0.2, -0.15) is 13.2 Å². The van der Waals surface area contributed by atoms with E-state index in [1.54, 1.807) is 0 Å². The minimum Gasteiger partial charge on any atom is -0.389 e. The lowest BCUT2D eigenvalue weighted by Gasteiger charge is -2.21. The van der Waals surface area contributed by atoms with Gasteiger partial charge in [0.15, 0.2) is 0 Å². The lowest BCUT2D eigenvalue weighted by Crippen LogP contribution is -2.30. The number of anilines is 1. The van der Waals surface area contributed by atoms with Crippen molar-refractivity contribution in [2.24, 2.45) is 0 Å². The van der Waals surface area contributed by atoms with Gasteiger partial charge in [0, 0.05) is 5.69 Å². The fourth-order valence-corrected chi connectivity index (χ4v) is 2.49. The minimum absolute atomic E-state index is 0.0801. The van der Waals surface area contributed by atoms with Gasteiger partial charge in [-0.05, 0) is 31.0 Å². The molecule has 0 heterocycles. The summed E-state index contributed by atoms with van der Waals surface area (Å²) in [5.74, 6) is -0.464. The van der Waals surface area contributed by atoms with Crippen LogP contribution in [0.3, 0.4) is 0 Å². The molecule has 20 heavy (non-hydrogen) atoms. The Kier molecular flexibility index (Phi) is 4.04. The van der Waals surface area contributed by atoms with Gasteiger partial charge in [0.25, 0.3) is 0 Å². The van der Waals surface area contributed by atoms with Crippen molar-refractivity contribution in [3.05, 3.63) is 29.8 Å². The highest BCUT2D eigenvalue weighted by Crippen LogP contribution is 2.33. The van der Waals surface area contributed by atoms with E-state index in [0.717, 1.165) is 25.0 Å². The minimum atomic E-state index is -4.44. The van der Waals surface area contributed by atoms with Gasteiger partial charge in [0.1, 0.15) is 0 Å². The van der Waals surface area contributed by atoms with Crippen molar-refractivity contribution >= 4 is 11.6 Å². The summed E-state index contributed by atoms with van der Waals surface area (Å²) in [6, 6.07) is 4.46. The van der Waals surface area contributed by atoms with E-state index in [0.29, 0.717) is 12.8 Å². The molecule has 1 saturated carbocycles. The largest absolute Gasteiger partial charge is 0.416 e. The van der Waals surface area contributed by atoms with Crippen molar-refractivity contribution < 1.29 is 23.1 Å². The van der Waals surface area contributed by atoms with Gasteiger partial charge in [-0.1, -0.05) is 18.9 Å². The van der Waals surface area contributed by atoms with Gasteiger partial charge in [0.2, 0.25) is 5.91 Å². The normalized spacial score (nSPS) is 18.0. The third kappa shape index (κ3) is 3.72. The zero-order valence-electron chi connectivity index (χ0n) is 10.8. The summed E-state index contributed by atoms with van der Waals surface area (Å²) in [7, 11) is 0. The number of hydrogen-bond donors (Lipinski definition) is 2. The lowest BCUT2D eigenvalue weighted by molar-refractivity contribution is -0.137. The molecule has 1 amide bonds. The van der Waals surface area contributed by atoms with Crippen LogP contribution in [0.2, 0.25) is 0 Å². The highest BCUT2D eigenvalue weighted by Gasteiger charge is 2.34. The van der Waals surface area contributed by atoms with Crippen LogP contribution in [0.4, 0.5) is 18.9 Å². The van der Waals surface area contributed by atoms with Crippen LogP contribution >= 0.6 is 0 Å². The number of halogens is 3. The SMILES string of the molecule is O=C(CC1(O)CCCC1)Nc1cccc(C(F)(F)F)c1. The van der Waals surface area contributed by atoms with E-state index in [4.69, 9.17) is 0 Å². The monoisotopic (exact) mass is 287 g/mol. The first-order chi connectivity index (χ1) is 9.28. The molecule has 0 bridgehead atoms. The molecule has 1 aliphatic rings. The first kappa shape index (κ1) is 14.8. The first-order valence-corrected chi connectivity index (χ1v) is 6.48. The fraction of sp³-hybridized carbons (Fsp3) is 0.500. The van der Waals surface area contributed by atoms with Crippen LogP contribution in [-0.2, 0) is 11.0 Å². The second-order valence-electron chi connectivity index (χ2n) is 5.23. The summed E-state index contributed by atoms with van der Waals surface area (Å²) in [4.78, 5) is 11.8. The van der Waals surface area contributed by atoms with Crippen LogP contribution in [0.1, 0.15) is 37.7 Å². The lowest BCUT2D eigenvalue weighted by atomic mass is 9.97. The quantitative estimate of drug-likeness (QED) is 0.895. The van der Waals surface area contributed by atoms with Gasteiger partial charge in [-0.3, -0.25) is 4.79 Å². The van der Waals surface area contributed by atoms with E-state index in [-0.39, 0.29) is 12.1 Å². The summed E-state index contributed by atoms with van der Waals surface area (Å²) >= 11 is 0.